The molecule has 3 rings (SSSR count). The molecule has 1 N–H and O–H groups in total. The van der Waals surface area contributed by atoms with Gasteiger partial charge in [0, 0.05) is 16.4 Å². The van der Waals surface area contributed by atoms with Gasteiger partial charge in [0.1, 0.15) is 11.6 Å². The highest BCUT2D eigenvalue weighted by atomic mass is 79.9. The first-order valence-electron chi connectivity index (χ1n) is 6.95. The lowest BCUT2D eigenvalue weighted by Crippen LogP contribution is -2.30. The predicted octanol–water partition coefficient (Wildman–Crippen LogP) is 4.26. The summed E-state index contributed by atoms with van der Waals surface area (Å²) in [6, 6.07) is 9.18. The minimum absolute atomic E-state index is 0.194. The molecule has 2 atom stereocenters. The second-order valence-electron chi connectivity index (χ2n) is 5.26. The number of hydrogen-bond donors (Lipinski definition) is 1. The summed E-state index contributed by atoms with van der Waals surface area (Å²) in [5.41, 5.74) is 0.986. The SMILES string of the molecule is Fc1ccc(Br)c(CC(c2ccco2)C2CCCN2)c1. The molecule has 2 unspecified atom stereocenters. The molecule has 1 aliphatic heterocycles. The van der Waals surface area contributed by atoms with Crippen LogP contribution in [0.1, 0.15) is 30.1 Å². The lowest BCUT2D eigenvalue weighted by atomic mass is 9.89. The van der Waals surface area contributed by atoms with E-state index in [1.54, 1.807) is 18.4 Å². The van der Waals surface area contributed by atoms with E-state index in [1.165, 1.54) is 12.5 Å². The zero-order chi connectivity index (χ0) is 13.9. The molecule has 106 valence electrons. The Morgan fingerprint density at radius 3 is 3.00 bits per heavy atom. The molecule has 1 aromatic carbocycles. The van der Waals surface area contributed by atoms with Gasteiger partial charge in [0.25, 0.3) is 0 Å². The smallest absolute Gasteiger partial charge is 0.123 e. The molecule has 4 heteroatoms. The molecule has 0 radical (unpaired) electrons. The molecule has 0 saturated carbocycles. The number of furan rings is 1. The fourth-order valence-electron chi connectivity index (χ4n) is 2.93. The van der Waals surface area contributed by atoms with Crippen LogP contribution in [-0.4, -0.2) is 12.6 Å². The second kappa shape index (κ2) is 6.10. The van der Waals surface area contributed by atoms with Crippen molar-refractivity contribution in [3.8, 4) is 0 Å². The Labute approximate surface area is 126 Å². The van der Waals surface area contributed by atoms with E-state index in [4.69, 9.17) is 4.42 Å². The van der Waals surface area contributed by atoms with Crippen LogP contribution in [0.2, 0.25) is 0 Å². The number of rotatable bonds is 4. The van der Waals surface area contributed by atoms with Crippen LogP contribution in [-0.2, 0) is 6.42 Å². The van der Waals surface area contributed by atoms with Crippen molar-refractivity contribution in [2.24, 2.45) is 0 Å². The maximum atomic E-state index is 13.5. The van der Waals surface area contributed by atoms with Gasteiger partial charge in [-0.1, -0.05) is 15.9 Å². The normalized spacial score (nSPS) is 20.2. The summed E-state index contributed by atoms with van der Waals surface area (Å²) in [4.78, 5) is 0. The number of halogens is 2. The molecular weight excluding hydrogens is 321 g/mol. The number of benzene rings is 1. The molecule has 0 amide bonds. The van der Waals surface area contributed by atoms with Crippen LogP contribution in [0.4, 0.5) is 4.39 Å². The van der Waals surface area contributed by atoms with Gasteiger partial charge in [0.2, 0.25) is 0 Å². The fraction of sp³-hybridized carbons (Fsp3) is 0.375. The lowest BCUT2D eigenvalue weighted by Gasteiger charge is -2.22. The van der Waals surface area contributed by atoms with Crippen molar-refractivity contribution in [1.82, 2.24) is 5.32 Å². The van der Waals surface area contributed by atoms with Crippen LogP contribution in [0.25, 0.3) is 0 Å². The summed E-state index contributed by atoms with van der Waals surface area (Å²) >= 11 is 3.51. The summed E-state index contributed by atoms with van der Waals surface area (Å²) in [5.74, 6) is 1.02. The molecule has 1 saturated heterocycles. The molecule has 1 fully saturated rings. The molecule has 20 heavy (non-hydrogen) atoms. The molecule has 2 nitrogen and oxygen atoms in total. The van der Waals surface area contributed by atoms with E-state index in [1.807, 2.05) is 12.1 Å². The Morgan fingerprint density at radius 2 is 2.30 bits per heavy atom. The average molecular weight is 338 g/mol. The molecule has 1 aromatic heterocycles. The van der Waals surface area contributed by atoms with E-state index in [2.05, 4.69) is 21.2 Å². The standard InChI is InChI=1S/C16H17BrFNO/c17-14-6-5-12(18)9-11(14)10-13(15-3-1-7-19-15)16-4-2-8-20-16/h2,4-6,8-9,13,15,19H,1,3,7,10H2. The first kappa shape index (κ1) is 13.8. The highest BCUT2D eigenvalue weighted by Gasteiger charge is 2.28. The maximum absolute atomic E-state index is 13.5. The zero-order valence-corrected chi connectivity index (χ0v) is 12.7. The Hall–Kier alpha value is -1.13. The molecule has 1 aliphatic rings. The van der Waals surface area contributed by atoms with E-state index >= 15 is 0 Å². The fourth-order valence-corrected chi connectivity index (χ4v) is 3.34. The van der Waals surface area contributed by atoms with Gasteiger partial charge in [-0.2, -0.15) is 0 Å². The number of hydrogen-bond acceptors (Lipinski definition) is 2. The molecule has 0 aliphatic carbocycles. The summed E-state index contributed by atoms with van der Waals surface area (Å²) in [5, 5.41) is 3.53. The first-order valence-corrected chi connectivity index (χ1v) is 7.74. The minimum Gasteiger partial charge on any atom is -0.469 e. The topological polar surface area (TPSA) is 25.2 Å². The summed E-state index contributed by atoms with van der Waals surface area (Å²) in [6.07, 6.45) is 4.80. The van der Waals surface area contributed by atoms with Crippen molar-refractivity contribution >= 4 is 15.9 Å². The van der Waals surface area contributed by atoms with Crippen molar-refractivity contribution in [2.75, 3.05) is 6.54 Å². The van der Waals surface area contributed by atoms with E-state index in [0.717, 1.165) is 35.2 Å². The third-order valence-corrected chi connectivity index (χ3v) is 4.71. The third-order valence-electron chi connectivity index (χ3n) is 3.94. The van der Waals surface area contributed by atoms with Crippen LogP contribution in [0.5, 0.6) is 0 Å². The second-order valence-corrected chi connectivity index (χ2v) is 6.12. The largest absolute Gasteiger partial charge is 0.469 e. The van der Waals surface area contributed by atoms with Crippen LogP contribution in [0.15, 0.2) is 45.5 Å². The van der Waals surface area contributed by atoms with Crippen molar-refractivity contribution < 1.29 is 8.81 Å². The van der Waals surface area contributed by atoms with Crippen molar-refractivity contribution in [3.05, 3.63) is 58.2 Å². The molecule has 0 bridgehead atoms. The Bertz CT molecular complexity index is 564. The van der Waals surface area contributed by atoms with E-state index in [-0.39, 0.29) is 11.7 Å². The highest BCUT2D eigenvalue weighted by molar-refractivity contribution is 9.10. The highest BCUT2D eigenvalue weighted by Crippen LogP contribution is 2.32. The van der Waals surface area contributed by atoms with Gasteiger partial charge < -0.3 is 9.73 Å². The third kappa shape index (κ3) is 2.96. The molecular formula is C16H17BrFNO. The summed E-state index contributed by atoms with van der Waals surface area (Å²) in [7, 11) is 0. The Balaban J connectivity index is 1.88. The molecule has 0 spiro atoms. The van der Waals surface area contributed by atoms with E-state index in [9.17, 15) is 4.39 Å². The van der Waals surface area contributed by atoms with Gasteiger partial charge in [-0.25, -0.2) is 4.39 Å². The van der Waals surface area contributed by atoms with Gasteiger partial charge in [0.15, 0.2) is 0 Å². The van der Waals surface area contributed by atoms with E-state index in [0.29, 0.717) is 6.04 Å². The average Bonchev–Trinajstić information content (AvgIpc) is 3.12. The van der Waals surface area contributed by atoms with Crippen molar-refractivity contribution in [2.45, 2.75) is 31.2 Å². The van der Waals surface area contributed by atoms with Crippen LogP contribution in [0.3, 0.4) is 0 Å². The monoisotopic (exact) mass is 337 g/mol. The summed E-state index contributed by atoms with van der Waals surface area (Å²) in [6.45, 7) is 1.05. The van der Waals surface area contributed by atoms with Crippen LogP contribution in [0, 0.1) is 5.82 Å². The number of nitrogens with one attached hydrogen (secondary N) is 1. The van der Waals surface area contributed by atoms with Gasteiger partial charge in [0.05, 0.1) is 6.26 Å². The Morgan fingerprint density at radius 1 is 1.40 bits per heavy atom. The minimum atomic E-state index is -0.194. The summed E-state index contributed by atoms with van der Waals surface area (Å²) < 4.78 is 20.0. The van der Waals surface area contributed by atoms with Gasteiger partial charge in [-0.15, -0.1) is 0 Å². The Kier molecular flexibility index (Phi) is 4.22. The quantitative estimate of drug-likeness (QED) is 0.901. The lowest BCUT2D eigenvalue weighted by molar-refractivity contribution is 0.394. The van der Waals surface area contributed by atoms with Gasteiger partial charge >= 0.3 is 0 Å². The van der Waals surface area contributed by atoms with Gasteiger partial charge in [-0.05, 0) is 61.7 Å². The van der Waals surface area contributed by atoms with Crippen LogP contribution < -0.4 is 5.32 Å². The van der Waals surface area contributed by atoms with E-state index < -0.39 is 0 Å². The molecule has 2 aromatic rings. The predicted molar refractivity (Wildman–Crippen MR) is 80.3 cm³/mol. The first-order chi connectivity index (χ1) is 9.74. The molecule has 2 heterocycles. The maximum Gasteiger partial charge on any atom is 0.123 e. The van der Waals surface area contributed by atoms with Gasteiger partial charge in [-0.3, -0.25) is 0 Å². The van der Waals surface area contributed by atoms with Crippen molar-refractivity contribution in [3.63, 3.8) is 0 Å². The van der Waals surface area contributed by atoms with Crippen molar-refractivity contribution in [1.29, 1.82) is 0 Å². The zero-order valence-electron chi connectivity index (χ0n) is 11.1. The van der Waals surface area contributed by atoms with Crippen LogP contribution >= 0.6 is 15.9 Å².